The Morgan fingerprint density at radius 3 is 2.90 bits per heavy atom. The summed E-state index contributed by atoms with van der Waals surface area (Å²) in [4.78, 5) is 13.8. The molecular formula is C13H22N4O3. The third kappa shape index (κ3) is 3.69. The smallest absolute Gasteiger partial charge is 0.410 e. The number of aliphatic hydroxyl groups is 1. The lowest BCUT2D eigenvalue weighted by molar-refractivity contribution is 0.0166. The fraction of sp³-hybridized carbons (Fsp3) is 0.769. The molecular weight excluding hydrogens is 260 g/mol. The van der Waals surface area contributed by atoms with Gasteiger partial charge in [0.1, 0.15) is 11.3 Å². The molecule has 2 rings (SSSR count). The molecule has 1 aromatic heterocycles. The number of piperidine rings is 1. The Balaban J connectivity index is 1.99. The Morgan fingerprint density at radius 1 is 1.55 bits per heavy atom. The number of hydrogen-bond donors (Lipinski definition) is 1. The first kappa shape index (κ1) is 14.8. The number of hydrogen-bond acceptors (Lipinski definition) is 5. The Morgan fingerprint density at radius 2 is 2.30 bits per heavy atom. The van der Waals surface area contributed by atoms with Gasteiger partial charge in [0.15, 0.2) is 0 Å². The summed E-state index contributed by atoms with van der Waals surface area (Å²) in [6.45, 7) is 6.71. The number of rotatable bonds is 2. The number of amides is 1. The second-order valence-electron chi connectivity index (χ2n) is 6.07. The van der Waals surface area contributed by atoms with Crippen molar-refractivity contribution in [1.29, 1.82) is 0 Å². The van der Waals surface area contributed by atoms with Crippen LogP contribution in [-0.2, 0) is 11.3 Å². The zero-order chi connectivity index (χ0) is 14.8. The molecule has 1 fully saturated rings. The van der Waals surface area contributed by atoms with E-state index < -0.39 is 5.60 Å². The molecule has 0 unspecified atom stereocenters. The van der Waals surface area contributed by atoms with Gasteiger partial charge in [0, 0.05) is 13.1 Å². The van der Waals surface area contributed by atoms with Gasteiger partial charge in [0.25, 0.3) is 0 Å². The van der Waals surface area contributed by atoms with Crippen LogP contribution in [0.4, 0.5) is 4.79 Å². The highest BCUT2D eigenvalue weighted by atomic mass is 16.6. The zero-order valence-corrected chi connectivity index (χ0v) is 12.2. The molecule has 0 bridgehead atoms. The van der Waals surface area contributed by atoms with E-state index >= 15 is 0 Å². The van der Waals surface area contributed by atoms with E-state index in [0.717, 1.165) is 12.8 Å². The van der Waals surface area contributed by atoms with Gasteiger partial charge in [-0.05, 0) is 33.6 Å². The number of carbonyl (C=O) groups excluding carboxylic acids is 1. The van der Waals surface area contributed by atoms with E-state index in [1.54, 1.807) is 15.8 Å². The highest BCUT2D eigenvalue weighted by Crippen LogP contribution is 2.22. The number of ether oxygens (including phenoxy) is 1. The standard InChI is InChI=1S/C13H22N4O3/c1-13(2,3)20-12(19)16-6-4-5-11(8-16)17-7-10(9-18)14-15-17/h7,11,18H,4-6,8-9H2,1-3H3/t11-/m1/s1. The van der Waals surface area contributed by atoms with Crippen molar-refractivity contribution in [2.75, 3.05) is 13.1 Å². The Hall–Kier alpha value is -1.63. The quantitative estimate of drug-likeness (QED) is 0.885. The van der Waals surface area contributed by atoms with Crippen LogP contribution in [-0.4, -0.2) is 49.8 Å². The molecule has 7 heteroatoms. The van der Waals surface area contributed by atoms with Gasteiger partial charge < -0.3 is 14.7 Å². The van der Waals surface area contributed by atoms with Crippen molar-refractivity contribution < 1.29 is 14.6 Å². The number of likely N-dealkylation sites (tertiary alicyclic amines) is 1. The number of aromatic nitrogens is 3. The molecule has 0 aromatic carbocycles. The molecule has 1 atom stereocenters. The first-order chi connectivity index (χ1) is 9.39. The summed E-state index contributed by atoms with van der Waals surface area (Å²) in [7, 11) is 0. The van der Waals surface area contributed by atoms with Crippen LogP contribution in [0.5, 0.6) is 0 Å². The summed E-state index contributed by atoms with van der Waals surface area (Å²) in [5.74, 6) is 0. The summed E-state index contributed by atoms with van der Waals surface area (Å²) < 4.78 is 7.11. The number of nitrogens with zero attached hydrogens (tertiary/aromatic N) is 4. The Bertz CT molecular complexity index is 466. The number of aliphatic hydroxyl groups excluding tert-OH is 1. The minimum Gasteiger partial charge on any atom is -0.444 e. The van der Waals surface area contributed by atoms with E-state index in [9.17, 15) is 4.79 Å². The Kier molecular flexibility index (Phi) is 4.27. The van der Waals surface area contributed by atoms with Gasteiger partial charge in [0.05, 0.1) is 18.8 Å². The maximum atomic E-state index is 12.1. The summed E-state index contributed by atoms with van der Waals surface area (Å²) in [5.41, 5.74) is 0.0563. The summed E-state index contributed by atoms with van der Waals surface area (Å²) in [6, 6.07) is 0.0871. The van der Waals surface area contributed by atoms with Gasteiger partial charge >= 0.3 is 6.09 Å². The maximum Gasteiger partial charge on any atom is 0.410 e. The summed E-state index contributed by atoms with van der Waals surface area (Å²) in [5, 5.41) is 16.9. The van der Waals surface area contributed by atoms with Crippen molar-refractivity contribution in [3.8, 4) is 0 Å². The van der Waals surface area contributed by atoms with Crippen molar-refractivity contribution in [3.63, 3.8) is 0 Å². The van der Waals surface area contributed by atoms with Gasteiger partial charge in [-0.1, -0.05) is 5.21 Å². The van der Waals surface area contributed by atoms with Crippen molar-refractivity contribution >= 4 is 6.09 Å². The SMILES string of the molecule is CC(C)(C)OC(=O)N1CCC[C@@H](n2cc(CO)nn2)C1. The molecule has 1 amide bonds. The average molecular weight is 282 g/mol. The first-order valence-electron chi connectivity index (χ1n) is 6.88. The lowest BCUT2D eigenvalue weighted by Gasteiger charge is -2.33. The molecule has 1 aliphatic heterocycles. The van der Waals surface area contributed by atoms with Crippen LogP contribution in [0.2, 0.25) is 0 Å². The lowest BCUT2D eigenvalue weighted by Crippen LogP contribution is -2.43. The van der Waals surface area contributed by atoms with Crippen LogP contribution in [0.15, 0.2) is 6.20 Å². The third-order valence-electron chi connectivity index (χ3n) is 3.14. The van der Waals surface area contributed by atoms with E-state index in [4.69, 9.17) is 9.84 Å². The van der Waals surface area contributed by atoms with E-state index in [2.05, 4.69) is 10.3 Å². The molecule has 2 heterocycles. The Labute approximate surface area is 118 Å². The van der Waals surface area contributed by atoms with Gasteiger partial charge in [-0.15, -0.1) is 5.10 Å². The van der Waals surface area contributed by atoms with E-state index in [1.807, 2.05) is 20.8 Å². The van der Waals surface area contributed by atoms with Crippen LogP contribution in [0.3, 0.4) is 0 Å². The van der Waals surface area contributed by atoms with Crippen molar-refractivity contribution in [2.24, 2.45) is 0 Å². The normalized spacial score (nSPS) is 20.0. The summed E-state index contributed by atoms with van der Waals surface area (Å²) >= 11 is 0. The van der Waals surface area contributed by atoms with Crippen LogP contribution in [0, 0.1) is 0 Å². The van der Waals surface area contributed by atoms with E-state index in [0.29, 0.717) is 18.8 Å². The van der Waals surface area contributed by atoms with E-state index in [-0.39, 0.29) is 18.7 Å². The van der Waals surface area contributed by atoms with Crippen molar-refractivity contribution in [1.82, 2.24) is 19.9 Å². The van der Waals surface area contributed by atoms with E-state index in [1.165, 1.54) is 0 Å². The van der Waals surface area contributed by atoms with Crippen LogP contribution >= 0.6 is 0 Å². The monoisotopic (exact) mass is 282 g/mol. The largest absolute Gasteiger partial charge is 0.444 e. The molecule has 1 aromatic rings. The van der Waals surface area contributed by atoms with Crippen LogP contribution in [0.1, 0.15) is 45.3 Å². The lowest BCUT2D eigenvalue weighted by atomic mass is 10.1. The molecule has 1 aliphatic rings. The predicted octanol–water partition coefficient (Wildman–Crippen LogP) is 1.34. The minimum atomic E-state index is -0.485. The molecule has 0 aliphatic carbocycles. The maximum absolute atomic E-state index is 12.1. The fourth-order valence-electron chi connectivity index (χ4n) is 2.23. The average Bonchev–Trinajstić information content (AvgIpc) is 2.85. The van der Waals surface area contributed by atoms with Gasteiger partial charge in [-0.2, -0.15) is 0 Å². The zero-order valence-electron chi connectivity index (χ0n) is 12.2. The molecule has 20 heavy (non-hydrogen) atoms. The molecule has 1 saturated heterocycles. The van der Waals surface area contributed by atoms with Crippen LogP contribution < -0.4 is 0 Å². The molecule has 112 valence electrons. The van der Waals surface area contributed by atoms with Gasteiger partial charge in [-0.3, -0.25) is 0 Å². The second kappa shape index (κ2) is 5.78. The predicted molar refractivity (Wildman–Crippen MR) is 72.0 cm³/mol. The third-order valence-corrected chi connectivity index (χ3v) is 3.14. The molecule has 0 saturated carbocycles. The second-order valence-corrected chi connectivity index (χ2v) is 6.07. The van der Waals surface area contributed by atoms with Gasteiger partial charge in [-0.25, -0.2) is 9.48 Å². The number of carbonyl (C=O) groups is 1. The van der Waals surface area contributed by atoms with Crippen molar-refractivity contribution in [3.05, 3.63) is 11.9 Å². The van der Waals surface area contributed by atoms with Gasteiger partial charge in [0.2, 0.25) is 0 Å². The highest BCUT2D eigenvalue weighted by Gasteiger charge is 2.28. The highest BCUT2D eigenvalue weighted by molar-refractivity contribution is 5.68. The van der Waals surface area contributed by atoms with Crippen LogP contribution in [0.25, 0.3) is 0 Å². The minimum absolute atomic E-state index is 0.0871. The molecule has 0 radical (unpaired) electrons. The summed E-state index contributed by atoms with van der Waals surface area (Å²) in [6.07, 6.45) is 3.28. The first-order valence-corrected chi connectivity index (χ1v) is 6.88. The topological polar surface area (TPSA) is 80.5 Å². The molecule has 1 N–H and O–H groups in total. The van der Waals surface area contributed by atoms with Crippen molar-refractivity contribution in [2.45, 2.75) is 51.9 Å². The molecule has 0 spiro atoms. The molecule has 7 nitrogen and oxygen atoms in total. The fourth-order valence-corrected chi connectivity index (χ4v) is 2.23.